The Bertz CT molecular complexity index is 847. The third-order valence-corrected chi connectivity index (χ3v) is 6.74. The molecule has 2 aliphatic rings. The minimum Gasteiger partial charge on any atom is -0.369 e. The second-order valence-electron chi connectivity index (χ2n) is 8.92. The van der Waals surface area contributed by atoms with E-state index in [2.05, 4.69) is 20.1 Å². The monoisotopic (exact) mass is 442 g/mol. The second-order valence-corrected chi connectivity index (χ2v) is 8.92. The van der Waals surface area contributed by atoms with E-state index in [-0.39, 0.29) is 43.6 Å². The minimum atomic E-state index is -2.62. The number of nitrogens with zero attached hydrogens (tertiary/aromatic N) is 3. The van der Waals surface area contributed by atoms with Crippen LogP contribution in [0.1, 0.15) is 43.7 Å². The number of halogens is 2. The topological polar surface area (TPSA) is 48.5 Å². The molecule has 172 valence electrons. The van der Waals surface area contributed by atoms with E-state index in [1.165, 1.54) is 5.69 Å². The van der Waals surface area contributed by atoms with Crippen molar-refractivity contribution in [3.63, 3.8) is 0 Å². The average molecular weight is 443 g/mol. The lowest BCUT2D eigenvalue weighted by atomic mass is 9.86. The highest BCUT2D eigenvalue weighted by atomic mass is 19.3. The van der Waals surface area contributed by atoms with Gasteiger partial charge in [0.15, 0.2) is 0 Å². The van der Waals surface area contributed by atoms with Gasteiger partial charge in [0.2, 0.25) is 11.8 Å². The predicted molar refractivity (Wildman–Crippen MR) is 122 cm³/mol. The summed E-state index contributed by atoms with van der Waals surface area (Å²) in [5.74, 6) is -3.02. The Morgan fingerprint density at radius 2 is 1.69 bits per heavy atom. The standard InChI is InChI=1S/C25H32F2N4O/c26-25(27)11-6-21(7-12-25)24(32)29-23(20-4-2-1-3-5-20)10-15-30-16-18-31(19-17-30)22-8-13-28-14-9-22/h1-5,8-9,13-14,21,23H,6-7,10-12,15-19H2,(H,29,32)/t23-/m0/s1. The molecule has 2 heterocycles. The third-order valence-electron chi connectivity index (χ3n) is 6.74. The van der Waals surface area contributed by atoms with Crippen molar-refractivity contribution in [2.75, 3.05) is 37.6 Å². The molecular weight excluding hydrogens is 410 g/mol. The Labute approximate surface area is 188 Å². The van der Waals surface area contributed by atoms with Crippen molar-refractivity contribution >= 4 is 11.6 Å². The van der Waals surface area contributed by atoms with E-state index in [0.29, 0.717) is 0 Å². The summed E-state index contributed by atoms with van der Waals surface area (Å²) in [4.78, 5) is 21.8. The Balaban J connectivity index is 1.31. The number of pyridine rings is 1. The highest BCUT2D eigenvalue weighted by Crippen LogP contribution is 2.36. The molecule has 1 N–H and O–H groups in total. The van der Waals surface area contributed by atoms with Crippen LogP contribution in [0.2, 0.25) is 0 Å². The largest absolute Gasteiger partial charge is 0.369 e. The normalized spacial score (nSPS) is 20.6. The fraction of sp³-hybridized carbons (Fsp3) is 0.520. The molecule has 0 unspecified atom stereocenters. The van der Waals surface area contributed by atoms with E-state index in [1.807, 2.05) is 54.9 Å². The summed E-state index contributed by atoms with van der Waals surface area (Å²) in [6.07, 6.45) is 4.58. The molecule has 2 aromatic rings. The van der Waals surface area contributed by atoms with Crippen LogP contribution in [-0.4, -0.2) is 54.4 Å². The third kappa shape index (κ3) is 6.03. The fourth-order valence-electron chi connectivity index (χ4n) is 4.70. The summed E-state index contributed by atoms with van der Waals surface area (Å²) in [5, 5.41) is 3.18. The highest BCUT2D eigenvalue weighted by Gasteiger charge is 2.37. The number of alkyl halides is 2. The lowest BCUT2D eigenvalue weighted by molar-refractivity contribution is -0.130. The van der Waals surface area contributed by atoms with Gasteiger partial charge in [-0.05, 0) is 37.0 Å². The predicted octanol–water partition coefficient (Wildman–Crippen LogP) is 4.28. The number of piperazine rings is 1. The molecule has 1 aromatic heterocycles. The van der Waals surface area contributed by atoms with Crippen LogP contribution in [0.5, 0.6) is 0 Å². The Kier molecular flexibility index (Phi) is 7.35. The van der Waals surface area contributed by atoms with E-state index in [0.717, 1.165) is 44.7 Å². The molecule has 7 heteroatoms. The smallest absolute Gasteiger partial charge is 0.248 e. The first kappa shape index (κ1) is 22.6. The van der Waals surface area contributed by atoms with Crippen LogP contribution in [0.3, 0.4) is 0 Å². The quantitative estimate of drug-likeness (QED) is 0.696. The van der Waals surface area contributed by atoms with Gasteiger partial charge in [-0.3, -0.25) is 14.7 Å². The van der Waals surface area contributed by atoms with Crippen molar-refractivity contribution < 1.29 is 13.6 Å². The van der Waals surface area contributed by atoms with Crippen LogP contribution in [0, 0.1) is 5.92 Å². The molecule has 1 amide bonds. The average Bonchev–Trinajstić information content (AvgIpc) is 2.83. The van der Waals surface area contributed by atoms with Crippen molar-refractivity contribution in [3.8, 4) is 0 Å². The number of hydrogen-bond donors (Lipinski definition) is 1. The summed E-state index contributed by atoms with van der Waals surface area (Å²) < 4.78 is 27.0. The SMILES string of the molecule is O=C(N[C@@H](CCN1CCN(c2ccncc2)CC1)c1ccccc1)C1CCC(F)(F)CC1. The van der Waals surface area contributed by atoms with E-state index in [9.17, 15) is 13.6 Å². The molecule has 0 radical (unpaired) electrons. The number of carbonyl (C=O) groups is 1. The van der Waals surface area contributed by atoms with Crippen LogP contribution in [0.4, 0.5) is 14.5 Å². The number of anilines is 1. The number of hydrogen-bond acceptors (Lipinski definition) is 4. The van der Waals surface area contributed by atoms with Crippen molar-refractivity contribution in [1.82, 2.24) is 15.2 Å². The van der Waals surface area contributed by atoms with Gasteiger partial charge in [-0.15, -0.1) is 0 Å². The number of benzene rings is 1. The second kappa shape index (κ2) is 10.4. The minimum absolute atomic E-state index is 0.0862. The zero-order chi connectivity index (χ0) is 22.4. The molecular formula is C25H32F2N4O. The number of rotatable bonds is 7. The molecule has 1 aliphatic heterocycles. The van der Waals surface area contributed by atoms with Crippen molar-refractivity contribution in [3.05, 3.63) is 60.4 Å². The lowest BCUT2D eigenvalue weighted by Crippen LogP contribution is -2.47. The van der Waals surface area contributed by atoms with Gasteiger partial charge < -0.3 is 10.2 Å². The summed E-state index contributed by atoms with van der Waals surface area (Å²) in [7, 11) is 0. The number of nitrogens with one attached hydrogen (secondary N) is 1. The van der Waals surface area contributed by atoms with Gasteiger partial charge in [0.1, 0.15) is 0 Å². The summed E-state index contributed by atoms with van der Waals surface area (Å²) >= 11 is 0. The van der Waals surface area contributed by atoms with Gasteiger partial charge in [0.05, 0.1) is 6.04 Å². The Morgan fingerprint density at radius 1 is 1.03 bits per heavy atom. The summed E-state index contributed by atoms with van der Waals surface area (Å²) in [6, 6.07) is 13.9. The van der Waals surface area contributed by atoms with Crippen molar-refractivity contribution in [2.45, 2.75) is 44.1 Å². The molecule has 1 aliphatic carbocycles. The zero-order valence-corrected chi connectivity index (χ0v) is 18.4. The lowest BCUT2D eigenvalue weighted by Gasteiger charge is -2.36. The molecule has 4 rings (SSSR count). The first-order valence-corrected chi connectivity index (χ1v) is 11.6. The van der Waals surface area contributed by atoms with Gasteiger partial charge in [0.25, 0.3) is 0 Å². The maximum absolute atomic E-state index is 13.5. The van der Waals surface area contributed by atoms with E-state index in [4.69, 9.17) is 0 Å². The number of aromatic nitrogens is 1. The van der Waals surface area contributed by atoms with Crippen LogP contribution >= 0.6 is 0 Å². The molecule has 2 fully saturated rings. The van der Waals surface area contributed by atoms with Crippen LogP contribution < -0.4 is 10.2 Å². The highest BCUT2D eigenvalue weighted by molar-refractivity contribution is 5.79. The molecule has 1 saturated carbocycles. The first-order valence-electron chi connectivity index (χ1n) is 11.6. The van der Waals surface area contributed by atoms with Crippen LogP contribution in [0.25, 0.3) is 0 Å². The molecule has 1 saturated heterocycles. The molecule has 32 heavy (non-hydrogen) atoms. The summed E-state index contributed by atoms with van der Waals surface area (Å²) in [5.41, 5.74) is 2.27. The molecule has 1 aromatic carbocycles. The Morgan fingerprint density at radius 3 is 2.34 bits per heavy atom. The number of carbonyl (C=O) groups excluding carboxylic acids is 1. The van der Waals surface area contributed by atoms with Gasteiger partial charge in [-0.1, -0.05) is 30.3 Å². The maximum Gasteiger partial charge on any atom is 0.248 e. The van der Waals surface area contributed by atoms with Gasteiger partial charge in [-0.2, -0.15) is 0 Å². The van der Waals surface area contributed by atoms with Gasteiger partial charge in [0, 0.05) is 69.6 Å². The number of amides is 1. The molecule has 0 spiro atoms. The van der Waals surface area contributed by atoms with E-state index in [1.54, 1.807) is 0 Å². The summed E-state index contributed by atoms with van der Waals surface area (Å²) in [6.45, 7) is 4.74. The maximum atomic E-state index is 13.5. The van der Waals surface area contributed by atoms with Crippen molar-refractivity contribution in [2.24, 2.45) is 5.92 Å². The van der Waals surface area contributed by atoms with Crippen LogP contribution in [0.15, 0.2) is 54.9 Å². The van der Waals surface area contributed by atoms with Gasteiger partial charge >= 0.3 is 0 Å². The first-order chi connectivity index (χ1) is 15.5. The van der Waals surface area contributed by atoms with E-state index >= 15 is 0 Å². The van der Waals surface area contributed by atoms with Gasteiger partial charge in [-0.25, -0.2) is 8.78 Å². The molecule has 5 nitrogen and oxygen atoms in total. The van der Waals surface area contributed by atoms with Crippen LogP contribution in [-0.2, 0) is 4.79 Å². The van der Waals surface area contributed by atoms with E-state index < -0.39 is 5.92 Å². The van der Waals surface area contributed by atoms with Crippen molar-refractivity contribution in [1.29, 1.82) is 0 Å². The zero-order valence-electron chi connectivity index (χ0n) is 18.4. The molecule has 1 atom stereocenters. The Hall–Kier alpha value is -2.54. The molecule has 0 bridgehead atoms. The fourth-order valence-corrected chi connectivity index (χ4v) is 4.70.